The number of anilines is 1. The normalized spacial score (nSPS) is 21.3. The van der Waals surface area contributed by atoms with E-state index in [9.17, 15) is 9.59 Å². The molecule has 0 spiro atoms. The molecule has 2 aliphatic heterocycles. The third kappa shape index (κ3) is 2.31. The van der Waals surface area contributed by atoms with Crippen LogP contribution >= 0.6 is 11.3 Å². The number of nitrogens with one attached hydrogen (secondary N) is 1. The molecule has 114 valence electrons. The summed E-state index contributed by atoms with van der Waals surface area (Å²) in [5.41, 5.74) is 3.53. The summed E-state index contributed by atoms with van der Waals surface area (Å²) >= 11 is 1.56. The van der Waals surface area contributed by atoms with Crippen LogP contribution in [0.25, 0.3) is 10.2 Å². The van der Waals surface area contributed by atoms with Crippen molar-refractivity contribution >= 4 is 39.2 Å². The van der Waals surface area contributed by atoms with Gasteiger partial charge in [0, 0.05) is 37.8 Å². The number of nitrogens with zero attached hydrogens (tertiary/aromatic N) is 3. The van der Waals surface area contributed by atoms with Crippen molar-refractivity contribution in [3.8, 4) is 0 Å². The Hall–Kier alpha value is -2.15. The predicted molar refractivity (Wildman–Crippen MR) is 84.9 cm³/mol. The van der Waals surface area contributed by atoms with Crippen molar-refractivity contribution in [2.24, 2.45) is 0 Å². The number of urea groups is 1. The zero-order valence-electron chi connectivity index (χ0n) is 12.0. The lowest BCUT2D eigenvalue weighted by molar-refractivity contribution is -0.130. The van der Waals surface area contributed by atoms with Crippen molar-refractivity contribution in [2.75, 3.05) is 25.0 Å². The lowest BCUT2D eigenvalue weighted by Crippen LogP contribution is -2.54. The van der Waals surface area contributed by atoms with E-state index in [4.69, 9.17) is 0 Å². The second-order valence-corrected chi connectivity index (χ2v) is 6.58. The summed E-state index contributed by atoms with van der Waals surface area (Å²) in [6.07, 6.45) is 1.47. The molecule has 0 saturated carbocycles. The summed E-state index contributed by atoms with van der Waals surface area (Å²) in [7, 11) is 0. The molecule has 7 heteroatoms. The van der Waals surface area contributed by atoms with E-state index in [-0.39, 0.29) is 18.0 Å². The zero-order chi connectivity index (χ0) is 15.1. The molecule has 1 N–H and O–H groups in total. The van der Waals surface area contributed by atoms with Gasteiger partial charge in [-0.2, -0.15) is 0 Å². The average Bonchev–Trinajstić information content (AvgIpc) is 3.13. The Kier molecular flexibility index (Phi) is 3.22. The standard InChI is InChI=1S/C15H16N4O2S/c20-14-4-2-11-8-18(5-6-19(11)14)15(21)17-10-1-3-12-13(7-10)22-9-16-12/h1,3,7,9,11H,2,4-6,8H2,(H,17,21). The fraction of sp³-hybridized carbons (Fsp3) is 0.400. The largest absolute Gasteiger partial charge is 0.336 e. The number of hydrogen-bond acceptors (Lipinski definition) is 4. The van der Waals surface area contributed by atoms with Gasteiger partial charge >= 0.3 is 6.03 Å². The van der Waals surface area contributed by atoms with Crippen LogP contribution in [0.4, 0.5) is 10.5 Å². The van der Waals surface area contributed by atoms with Crippen molar-refractivity contribution in [3.05, 3.63) is 23.7 Å². The Balaban J connectivity index is 1.44. The first-order valence-electron chi connectivity index (χ1n) is 7.39. The molecule has 2 aromatic rings. The van der Waals surface area contributed by atoms with Gasteiger partial charge in [-0.1, -0.05) is 0 Å². The van der Waals surface area contributed by atoms with Crippen molar-refractivity contribution < 1.29 is 9.59 Å². The van der Waals surface area contributed by atoms with Gasteiger partial charge in [0.25, 0.3) is 0 Å². The first kappa shape index (κ1) is 13.5. The number of thiazole rings is 1. The van der Waals surface area contributed by atoms with Gasteiger partial charge in [0.05, 0.1) is 15.7 Å². The maximum Gasteiger partial charge on any atom is 0.321 e. The van der Waals surface area contributed by atoms with Crippen LogP contribution in [0.1, 0.15) is 12.8 Å². The fourth-order valence-electron chi connectivity index (χ4n) is 3.18. The Morgan fingerprint density at radius 2 is 2.27 bits per heavy atom. The van der Waals surface area contributed by atoms with Gasteiger partial charge in [0.15, 0.2) is 0 Å². The predicted octanol–water partition coefficient (Wildman–Crippen LogP) is 2.13. The number of aromatic nitrogens is 1. The second-order valence-electron chi connectivity index (χ2n) is 5.69. The Morgan fingerprint density at radius 3 is 3.18 bits per heavy atom. The number of hydrogen-bond donors (Lipinski definition) is 1. The van der Waals surface area contributed by atoms with Gasteiger partial charge in [0.2, 0.25) is 5.91 Å². The number of piperazine rings is 1. The van der Waals surface area contributed by atoms with Crippen molar-refractivity contribution in [1.82, 2.24) is 14.8 Å². The number of fused-ring (bicyclic) bond motifs is 2. The SMILES string of the molecule is O=C(Nc1ccc2ncsc2c1)N1CCN2C(=O)CCC2C1. The minimum Gasteiger partial charge on any atom is -0.336 e. The van der Waals surface area contributed by atoms with Crippen LogP contribution in [-0.2, 0) is 4.79 Å². The van der Waals surface area contributed by atoms with E-state index in [0.29, 0.717) is 26.1 Å². The zero-order valence-corrected chi connectivity index (χ0v) is 12.8. The van der Waals surface area contributed by atoms with Crippen LogP contribution in [0, 0.1) is 0 Å². The van der Waals surface area contributed by atoms with Gasteiger partial charge in [-0.05, 0) is 24.6 Å². The van der Waals surface area contributed by atoms with Gasteiger partial charge in [-0.15, -0.1) is 11.3 Å². The average molecular weight is 316 g/mol. The maximum absolute atomic E-state index is 12.4. The summed E-state index contributed by atoms with van der Waals surface area (Å²) in [4.78, 5) is 32.0. The maximum atomic E-state index is 12.4. The molecule has 1 aromatic heterocycles. The molecule has 2 aliphatic rings. The van der Waals surface area contributed by atoms with Crippen LogP contribution in [0.3, 0.4) is 0 Å². The molecular formula is C15H16N4O2S. The van der Waals surface area contributed by atoms with Crippen molar-refractivity contribution in [2.45, 2.75) is 18.9 Å². The van der Waals surface area contributed by atoms with Crippen LogP contribution in [0.15, 0.2) is 23.7 Å². The minimum absolute atomic E-state index is 0.0946. The summed E-state index contributed by atoms with van der Waals surface area (Å²) < 4.78 is 1.06. The molecule has 6 nitrogen and oxygen atoms in total. The highest BCUT2D eigenvalue weighted by molar-refractivity contribution is 7.16. The molecule has 0 bridgehead atoms. The van der Waals surface area contributed by atoms with Crippen molar-refractivity contribution in [3.63, 3.8) is 0 Å². The molecule has 1 atom stereocenters. The van der Waals surface area contributed by atoms with E-state index in [1.165, 1.54) is 0 Å². The smallest absolute Gasteiger partial charge is 0.321 e. The van der Waals surface area contributed by atoms with E-state index < -0.39 is 0 Å². The van der Waals surface area contributed by atoms with E-state index in [2.05, 4.69) is 10.3 Å². The van der Waals surface area contributed by atoms with Crippen LogP contribution in [0.2, 0.25) is 0 Å². The second kappa shape index (κ2) is 5.24. The third-order valence-corrected chi connectivity index (χ3v) is 5.16. The molecular weight excluding hydrogens is 300 g/mol. The first-order valence-corrected chi connectivity index (χ1v) is 8.27. The highest BCUT2D eigenvalue weighted by atomic mass is 32.1. The van der Waals surface area contributed by atoms with E-state index in [1.807, 2.05) is 23.1 Å². The van der Waals surface area contributed by atoms with Gasteiger partial charge in [-0.3, -0.25) is 4.79 Å². The molecule has 1 unspecified atom stereocenters. The topological polar surface area (TPSA) is 65.5 Å². The van der Waals surface area contributed by atoms with Gasteiger partial charge < -0.3 is 15.1 Å². The molecule has 22 heavy (non-hydrogen) atoms. The molecule has 2 fully saturated rings. The molecule has 0 aliphatic carbocycles. The summed E-state index contributed by atoms with van der Waals surface area (Å²) in [5, 5.41) is 2.95. The highest BCUT2D eigenvalue weighted by Gasteiger charge is 2.36. The van der Waals surface area contributed by atoms with E-state index in [1.54, 1.807) is 21.7 Å². The molecule has 0 radical (unpaired) electrons. The van der Waals surface area contributed by atoms with Gasteiger partial charge in [0.1, 0.15) is 0 Å². The number of carbonyl (C=O) groups excluding carboxylic acids is 2. The molecule has 3 amide bonds. The minimum atomic E-state index is -0.0946. The highest BCUT2D eigenvalue weighted by Crippen LogP contribution is 2.24. The molecule has 1 aromatic carbocycles. The number of carbonyl (C=O) groups is 2. The Bertz CT molecular complexity index is 744. The fourth-order valence-corrected chi connectivity index (χ4v) is 3.90. The Labute approximate surface area is 131 Å². The number of amides is 3. The van der Waals surface area contributed by atoms with Crippen LogP contribution < -0.4 is 5.32 Å². The first-order chi connectivity index (χ1) is 10.7. The third-order valence-electron chi connectivity index (χ3n) is 4.36. The molecule has 3 heterocycles. The van der Waals surface area contributed by atoms with E-state index >= 15 is 0 Å². The quantitative estimate of drug-likeness (QED) is 0.876. The molecule has 2 saturated heterocycles. The molecule has 4 rings (SSSR count). The Morgan fingerprint density at radius 1 is 1.36 bits per heavy atom. The van der Waals surface area contributed by atoms with Crippen LogP contribution in [-0.4, -0.2) is 52.4 Å². The number of rotatable bonds is 1. The summed E-state index contributed by atoms with van der Waals surface area (Å²) in [6.45, 7) is 1.86. The van der Waals surface area contributed by atoms with Gasteiger partial charge in [-0.25, -0.2) is 9.78 Å². The van der Waals surface area contributed by atoms with E-state index in [0.717, 1.165) is 22.3 Å². The monoisotopic (exact) mass is 316 g/mol. The summed E-state index contributed by atoms with van der Waals surface area (Å²) in [6, 6.07) is 5.82. The lowest BCUT2D eigenvalue weighted by Gasteiger charge is -2.37. The lowest BCUT2D eigenvalue weighted by atomic mass is 10.1. The van der Waals surface area contributed by atoms with Crippen molar-refractivity contribution in [1.29, 1.82) is 0 Å². The van der Waals surface area contributed by atoms with Crippen LogP contribution in [0.5, 0.6) is 0 Å². The number of benzene rings is 1. The summed E-state index contributed by atoms with van der Waals surface area (Å²) in [5.74, 6) is 0.223.